The SMILES string of the molecule is COc1cc(O)c2cc1CCCCCc1cc(c(O)cc1OC)CCCCCc1cc(c(C)cc1O)CCCCC2. The van der Waals surface area contributed by atoms with Crippen LogP contribution in [0.4, 0.5) is 0 Å². The Labute approximate surface area is 246 Å². The van der Waals surface area contributed by atoms with Crippen LogP contribution in [-0.4, -0.2) is 29.5 Å². The molecule has 1 aliphatic carbocycles. The summed E-state index contributed by atoms with van der Waals surface area (Å²) in [5.74, 6) is 2.54. The first-order valence-corrected chi connectivity index (χ1v) is 15.5. The van der Waals surface area contributed by atoms with E-state index in [1.165, 1.54) is 5.56 Å². The van der Waals surface area contributed by atoms with Crippen LogP contribution in [0.1, 0.15) is 96.7 Å². The molecule has 222 valence electrons. The second-order valence-electron chi connectivity index (χ2n) is 11.7. The summed E-state index contributed by atoms with van der Waals surface area (Å²) in [5.41, 5.74) is 7.79. The number of benzene rings is 3. The van der Waals surface area contributed by atoms with Gasteiger partial charge in [-0.2, -0.15) is 0 Å². The van der Waals surface area contributed by atoms with Gasteiger partial charge in [0, 0.05) is 12.1 Å². The molecule has 0 fully saturated rings. The van der Waals surface area contributed by atoms with Gasteiger partial charge in [-0.25, -0.2) is 0 Å². The van der Waals surface area contributed by atoms with E-state index in [1.807, 2.05) is 6.07 Å². The summed E-state index contributed by atoms with van der Waals surface area (Å²) < 4.78 is 11.2. The van der Waals surface area contributed by atoms with Crippen molar-refractivity contribution in [3.8, 4) is 28.7 Å². The van der Waals surface area contributed by atoms with E-state index in [0.717, 1.165) is 141 Å². The molecule has 3 N–H and O–H groups in total. The highest BCUT2D eigenvalue weighted by Crippen LogP contribution is 2.33. The molecule has 41 heavy (non-hydrogen) atoms. The zero-order valence-electron chi connectivity index (χ0n) is 25.2. The fourth-order valence-electron chi connectivity index (χ4n) is 6.18. The van der Waals surface area contributed by atoms with Crippen LogP contribution in [0.15, 0.2) is 36.4 Å². The number of ether oxygens (including phenoxy) is 2. The molecule has 3 aromatic rings. The van der Waals surface area contributed by atoms with Gasteiger partial charge in [-0.05, 0) is 141 Å². The monoisotopic (exact) mass is 560 g/mol. The Bertz CT molecular complexity index is 1200. The van der Waals surface area contributed by atoms with E-state index in [4.69, 9.17) is 9.47 Å². The Hall–Kier alpha value is -3.34. The highest BCUT2D eigenvalue weighted by molar-refractivity contribution is 5.47. The quantitative estimate of drug-likeness (QED) is 0.294. The van der Waals surface area contributed by atoms with Crippen LogP contribution < -0.4 is 9.47 Å². The predicted molar refractivity (Wildman–Crippen MR) is 166 cm³/mol. The molecule has 0 unspecified atom stereocenters. The number of rotatable bonds is 2. The molecule has 6 bridgehead atoms. The fourth-order valence-corrected chi connectivity index (χ4v) is 6.18. The summed E-state index contributed by atoms with van der Waals surface area (Å²) in [4.78, 5) is 0. The van der Waals surface area contributed by atoms with Gasteiger partial charge in [-0.15, -0.1) is 0 Å². The molecule has 0 saturated carbocycles. The summed E-state index contributed by atoms with van der Waals surface area (Å²) in [5, 5.41) is 31.9. The second-order valence-corrected chi connectivity index (χ2v) is 11.7. The fraction of sp³-hybridized carbons (Fsp3) is 0.500. The van der Waals surface area contributed by atoms with Crippen molar-refractivity contribution in [2.45, 2.75) is 103 Å². The van der Waals surface area contributed by atoms with Gasteiger partial charge in [-0.3, -0.25) is 0 Å². The van der Waals surface area contributed by atoms with Gasteiger partial charge < -0.3 is 24.8 Å². The topological polar surface area (TPSA) is 79.2 Å². The number of hydrogen-bond acceptors (Lipinski definition) is 5. The van der Waals surface area contributed by atoms with E-state index in [-0.39, 0.29) is 0 Å². The lowest BCUT2D eigenvalue weighted by Gasteiger charge is -2.15. The third-order valence-corrected chi connectivity index (χ3v) is 8.68. The van der Waals surface area contributed by atoms with Gasteiger partial charge in [0.25, 0.3) is 0 Å². The molecule has 0 amide bonds. The van der Waals surface area contributed by atoms with Gasteiger partial charge in [0.15, 0.2) is 0 Å². The maximum absolute atomic E-state index is 10.6. The van der Waals surface area contributed by atoms with E-state index in [0.29, 0.717) is 17.2 Å². The molecular weight excluding hydrogens is 512 g/mol. The molecule has 0 atom stereocenters. The highest BCUT2D eigenvalue weighted by atomic mass is 16.5. The standard InChI is InChI=1S/C36H48O5/c1-25-19-32(37)27-14-9-5-10-16-29-22-31(36(41-3)24-34(29)39)18-12-6-11-17-30-21-28(33(38)23-35(30)40-2)15-8-4-7-13-26(25)20-27/h19-24,37-39H,4-18H2,1-3H3. The van der Waals surface area contributed by atoms with Crippen LogP contribution in [0.5, 0.6) is 28.7 Å². The van der Waals surface area contributed by atoms with Gasteiger partial charge in [0.2, 0.25) is 0 Å². The largest absolute Gasteiger partial charge is 0.508 e. The van der Waals surface area contributed by atoms with Gasteiger partial charge in [-0.1, -0.05) is 25.3 Å². The Kier molecular flexibility index (Phi) is 11.2. The number of aromatic hydroxyl groups is 3. The van der Waals surface area contributed by atoms with Crippen molar-refractivity contribution >= 4 is 0 Å². The Morgan fingerprint density at radius 3 is 1.12 bits per heavy atom. The molecule has 0 heterocycles. The Morgan fingerprint density at radius 2 is 0.732 bits per heavy atom. The smallest absolute Gasteiger partial charge is 0.125 e. The number of fused-ring (bicyclic) bond motifs is 6. The minimum absolute atomic E-state index is 0.308. The molecule has 1 aliphatic rings. The molecule has 4 rings (SSSR count). The summed E-state index contributed by atoms with van der Waals surface area (Å²) in [6, 6.07) is 11.9. The van der Waals surface area contributed by atoms with E-state index in [9.17, 15) is 15.3 Å². The molecule has 0 aromatic heterocycles. The number of methoxy groups -OCH3 is 2. The van der Waals surface area contributed by atoms with E-state index in [2.05, 4.69) is 25.1 Å². The molecule has 0 saturated heterocycles. The number of phenolic OH excluding ortho intramolecular Hbond substituents is 3. The van der Waals surface area contributed by atoms with Crippen molar-refractivity contribution in [3.63, 3.8) is 0 Å². The predicted octanol–water partition coefficient (Wildman–Crippen LogP) is 8.31. The third-order valence-electron chi connectivity index (χ3n) is 8.68. The third kappa shape index (κ3) is 8.34. The van der Waals surface area contributed by atoms with E-state index < -0.39 is 0 Å². The Morgan fingerprint density at radius 1 is 0.415 bits per heavy atom. The van der Waals surface area contributed by atoms with Gasteiger partial charge in [0.05, 0.1) is 14.2 Å². The zero-order valence-corrected chi connectivity index (χ0v) is 25.2. The zero-order chi connectivity index (χ0) is 29.2. The lowest BCUT2D eigenvalue weighted by Crippen LogP contribution is -1.99. The van der Waals surface area contributed by atoms with Crippen molar-refractivity contribution in [3.05, 3.63) is 75.3 Å². The van der Waals surface area contributed by atoms with Crippen LogP contribution in [0.2, 0.25) is 0 Å². The first-order chi connectivity index (χ1) is 19.9. The average Bonchev–Trinajstić information content (AvgIpc) is 2.95. The minimum atomic E-state index is 0.308. The maximum atomic E-state index is 10.6. The molecule has 0 spiro atoms. The number of hydrogen-bond donors (Lipinski definition) is 3. The summed E-state index contributed by atoms with van der Waals surface area (Å²) in [7, 11) is 3.33. The van der Waals surface area contributed by atoms with Gasteiger partial charge >= 0.3 is 0 Å². The lowest BCUT2D eigenvalue weighted by molar-refractivity contribution is 0.399. The number of aryl methyl sites for hydroxylation is 7. The van der Waals surface area contributed by atoms with Crippen LogP contribution in [-0.2, 0) is 38.5 Å². The van der Waals surface area contributed by atoms with Crippen LogP contribution in [0.3, 0.4) is 0 Å². The minimum Gasteiger partial charge on any atom is -0.508 e. The first-order valence-electron chi connectivity index (χ1n) is 15.5. The molecule has 0 aliphatic heterocycles. The van der Waals surface area contributed by atoms with Crippen LogP contribution >= 0.6 is 0 Å². The van der Waals surface area contributed by atoms with Crippen molar-refractivity contribution in [1.29, 1.82) is 0 Å². The van der Waals surface area contributed by atoms with Crippen molar-refractivity contribution in [2.75, 3.05) is 14.2 Å². The molecular formula is C36H48O5. The molecule has 3 aromatic carbocycles. The number of phenols is 3. The summed E-state index contributed by atoms with van der Waals surface area (Å²) in [6.07, 6.45) is 14.8. The van der Waals surface area contributed by atoms with Gasteiger partial charge in [0.1, 0.15) is 28.7 Å². The van der Waals surface area contributed by atoms with Crippen LogP contribution in [0.25, 0.3) is 0 Å². The van der Waals surface area contributed by atoms with E-state index >= 15 is 0 Å². The van der Waals surface area contributed by atoms with E-state index in [1.54, 1.807) is 26.4 Å². The maximum Gasteiger partial charge on any atom is 0.125 e. The highest BCUT2D eigenvalue weighted by Gasteiger charge is 2.13. The second kappa shape index (κ2) is 15.0. The molecule has 5 nitrogen and oxygen atoms in total. The summed E-state index contributed by atoms with van der Waals surface area (Å²) in [6.45, 7) is 2.08. The first kappa shape index (κ1) is 30.6. The lowest BCUT2D eigenvalue weighted by atomic mass is 9.94. The van der Waals surface area contributed by atoms with Crippen molar-refractivity contribution in [1.82, 2.24) is 0 Å². The molecule has 0 radical (unpaired) electrons. The van der Waals surface area contributed by atoms with Crippen molar-refractivity contribution in [2.24, 2.45) is 0 Å². The van der Waals surface area contributed by atoms with Crippen molar-refractivity contribution < 1.29 is 24.8 Å². The normalized spacial score (nSPS) is 16.0. The molecule has 5 heteroatoms. The van der Waals surface area contributed by atoms with Crippen LogP contribution in [0, 0.1) is 6.92 Å². The Balaban J connectivity index is 1.52. The average molecular weight is 561 g/mol. The summed E-state index contributed by atoms with van der Waals surface area (Å²) >= 11 is 0.